The number of furan rings is 1. The number of fused-ring (bicyclic) bond motifs is 6. The lowest BCUT2D eigenvalue weighted by atomic mass is 9.98. The molecule has 0 unspecified atom stereocenters. The first-order valence-electron chi connectivity index (χ1n) is 17.1. The Morgan fingerprint density at radius 3 is 1.88 bits per heavy atom. The van der Waals surface area contributed by atoms with Crippen molar-refractivity contribution in [2.24, 2.45) is 0 Å². The van der Waals surface area contributed by atoms with Crippen LogP contribution in [0.2, 0.25) is 0 Å². The number of hydrogen-bond donors (Lipinski definition) is 0. The molecule has 0 radical (unpaired) electrons. The molecule has 0 fully saturated rings. The fraction of sp³-hybridized carbons (Fsp3) is 0. The van der Waals surface area contributed by atoms with Crippen molar-refractivity contribution in [3.05, 3.63) is 169 Å². The molecular formula is C46H27N5O. The van der Waals surface area contributed by atoms with Gasteiger partial charge in [0.2, 0.25) is 0 Å². The molecule has 6 heteroatoms. The molecule has 0 aliphatic heterocycles. The van der Waals surface area contributed by atoms with Crippen LogP contribution in [0.1, 0.15) is 5.56 Å². The van der Waals surface area contributed by atoms with E-state index in [0.29, 0.717) is 23.0 Å². The molecule has 6 nitrogen and oxygen atoms in total. The Morgan fingerprint density at radius 2 is 1.08 bits per heavy atom. The van der Waals surface area contributed by atoms with Gasteiger partial charge >= 0.3 is 0 Å². The number of nitrogens with zero attached hydrogens (tertiary/aromatic N) is 5. The van der Waals surface area contributed by atoms with Crippen molar-refractivity contribution >= 4 is 43.7 Å². The van der Waals surface area contributed by atoms with Crippen LogP contribution in [0.4, 0.5) is 0 Å². The number of rotatable bonds is 5. The average molecular weight is 666 g/mol. The van der Waals surface area contributed by atoms with Crippen molar-refractivity contribution in [2.45, 2.75) is 0 Å². The molecule has 3 heterocycles. The number of hydrogen-bond acceptors (Lipinski definition) is 5. The molecule has 0 aliphatic carbocycles. The van der Waals surface area contributed by atoms with Crippen molar-refractivity contribution < 1.29 is 4.42 Å². The molecular weight excluding hydrogens is 639 g/mol. The van der Waals surface area contributed by atoms with Crippen LogP contribution in [0, 0.1) is 11.3 Å². The van der Waals surface area contributed by atoms with Gasteiger partial charge in [0.1, 0.15) is 11.2 Å². The first-order valence-corrected chi connectivity index (χ1v) is 17.1. The summed E-state index contributed by atoms with van der Waals surface area (Å²) in [4.78, 5) is 14.8. The largest absolute Gasteiger partial charge is 0.456 e. The minimum Gasteiger partial charge on any atom is -0.456 e. The van der Waals surface area contributed by atoms with Crippen molar-refractivity contribution in [1.82, 2.24) is 19.5 Å². The normalized spacial score (nSPS) is 11.4. The first-order chi connectivity index (χ1) is 25.7. The molecule has 0 amide bonds. The second-order valence-electron chi connectivity index (χ2n) is 12.8. The van der Waals surface area contributed by atoms with Crippen molar-refractivity contribution in [2.75, 3.05) is 0 Å². The highest BCUT2D eigenvalue weighted by Crippen LogP contribution is 2.40. The summed E-state index contributed by atoms with van der Waals surface area (Å²) in [7, 11) is 0. The fourth-order valence-electron chi connectivity index (χ4n) is 7.26. The quantitative estimate of drug-likeness (QED) is 0.183. The van der Waals surface area contributed by atoms with Crippen molar-refractivity contribution in [1.29, 1.82) is 5.26 Å². The van der Waals surface area contributed by atoms with E-state index >= 15 is 0 Å². The van der Waals surface area contributed by atoms with Crippen LogP contribution in [0.25, 0.3) is 94.7 Å². The van der Waals surface area contributed by atoms with Gasteiger partial charge in [-0.05, 0) is 71.8 Å². The minimum absolute atomic E-state index is 0.543. The lowest BCUT2D eigenvalue weighted by molar-refractivity contribution is 0.669. The number of aromatic nitrogens is 4. The van der Waals surface area contributed by atoms with Gasteiger partial charge in [-0.1, -0.05) is 103 Å². The summed E-state index contributed by atoms with van der Waals surface area (Å²) in [5, 5.41) is 13.9. The van der Waals surface area contributed by atoms with E-state index in [1.807, 2.05) is 66.7 Å². The Bertz CT molecular complexity index is 3020. The third-order valence-corrected chi connectivity index (χ3v) is 9.69. The molecule has 52 heavy (non-hydrogen) atoms. The van der Waals surface area contributed by atoms with Gasteiger partial charge in [-0.25, -0.2) is 15.0 Å². The molecule has 10 rings (SSSR count). The zero-order valence-corrected chi connectivity index (χ0v) is 27.7. The maximum Gasteiger partial charge on any atom is 0.164 e. The van der Waals surface area contributed by atoms with Crippen LogP contribution in [0.15, 0.2) is 168 Å². The van der Waals surface area contributed by atoms with E-state index in [0.717, 1.165) is 66.5 Å². The summed E-state index contributed by atoms with van der Waals surface area (Å²) < 4.78 is 8.57. The third-order valence-electron chi connectivity index (χ3n) is 9.69. The molecule has 10 aromatic rings. The van der Waals surface area contributed by atoms with Crippen LogP contribution in [0.3, 0.4) is 0 Å². The van der Waals surface area contributed by atoms with Gasteiger partial charge in [-0.2, -0.15) is 5.26 Å². The Hall–Kier alpha value is -7.36. The summed E-state index contributed by atoms with van der Waals surface area (Å²) >= 11 is 0. The molecule has 0 saturated carbocycles. The van der Waals surface area contributed by atoms with E-state index in [9.17, 15) is 5.26 Å². The zero-order valence-electron chi connectivity index (χ0n) is 27.7. The standard InChI is InChI=1S/C46H27N5O/c47-28-29-20-22-31(23-21-29)45-48-44(30-10-2-1-3-11-30)49-46(50-45)33-12-8-13-34(26-33)51-39-17-6-4-14-36(39)37-25-24-32(27-40(37)51)35-16-9-19-42-43(35)38-15-5-7-18-41(38)52-42/h1-27H. The van der Waals surface area contributed by atoms with Crippen LogP contribution < -0.4 is 0 Å². The van der Waals surface area contributed by atoms with Gasteiger partial charge in [-0.3, -0.25) is 0 Å². The highest BCUT2D eigenvalue weighted by atomic mass is 16.3. The number of nitriles is 1. The number of benzene rings is 7. The molecule has 0 bridgehead atoms. The Morgan fingerprint density at radius 1 is 0.462 bits per heavy atom. The maximum absolute atomic E-state index is 9.37. The fourth-order valence-corrected chi connectivity index (χ4v) is 7.26. The molecule has 0 saturated heterocycles. The van der Waals surface area contributed by atoms with Gasteiger partial charge in [0.15, 0.2) is 17.5 Å². The molecule has 0 atom stereocenters. The Kier molecular flexibility index (Phi) is 6.76. The van der Waals surface area contributed by atoms with Gasteiger partial charge in [-0.15, -0.1) is 0 Å². The lowest BCUT2D eigenvalue weighted by Crippen LogP contribution is -2.01. The van der Waals surface area contributed by atoms with Crippen LogP contribution in [-0.2, 0) is 0 Å². The SMILES string of the molecule is N#Cc1ccc(-c2nc(-c3ccccc3)nc(-c3cccc(-n4c5ccccc5c5ccc(-c6cccc7oc8ccccc8c67)cc54)c3)n2)cc1. The molecule has 0 spiro atoms. The number of para-hydroxylation sites is 2. The predicted octanol–water partition coefficient (Wildman–Crippen LogP) is 11.4. The zero-order chi connectivity index (χ0) is 34.6. The molecule has 7 aromatic carbocycles. The monoisotopic (exact) mass is 665 g/mol. The second kappa shape index (κ2) is 11.9. The van der Waals surface area contributed by atoms with E-state index in [2.05, 4.69) is 95.6 Å². The highest BCUT2D eigenvalue weighted by Gasteiger charge is 2.18. The Balaban J connectivity index is 1.16. The summed E-state index contributed by atoms with van der Waals surface area (Å²) in [5.41, 5.74) is 10.4. The summed E-state index contributed by atoms with van der Waals surface area (Å²) in [6.07, 6.45) is 0. The van der Waals surface area contributed by atoms with Crippen molar-refractivity contribution in [3.63, 3.8) is 0 Å². The van der Waals surface area contributed by atoms with Crippen LogP contribution >= 0.6 is 0 Å². The van der Waals surface area contributed by atoms with E-state index in [4.69, 9.17) is 19.4 Å². The average Bonchev–Trinajstić information content (AvgIpc) is 3.77. The minimum atomic E-state index is 0.543. The third kappa shape index (κ3) is 4.84. The van der Waals surface area contributed by atoms with Gasteiger partial charge in [0.05, 0.1) is 22.7 Å². The van der Waals surface area contributed by atoms with E-state index in [-0.39, 0.29) is 0 Å². The lowest BCUT2D eigenvalue weighted by Gasteiger charge is -2.12. The van der Waals surface area contributed by atoms with Crippen LogP contribution in [-0.4, -0.2) is 19.5 Å². The van der Waals surface area contributed by atoms with E-state index in [1.165, 1.54) is 10.8 Å². The van der Waals surface area contributed by atoms with E-state index < -0.39 is 0 Å². The molecule has 0 aliphatic rings. The smallest absolute Gasteiger partial charge is 0.164 e. The second-order valence-corrected chi connectivity index (χ2v) is 12.8. The Labute approximate surface area is 298 Å². The molecule has 242 valence electrons. The van der Waals surface area contributed by atoms with Gasteiger partial charge in [0, 0.05) is 43.9 Å². The highest BCUT2D eigenvalue weighted by molar-refractivity contribution is 6.14. The van der Waals surface area contributed by atoms with Gasteiger partial charge in [0.25, 0.3) is 0 Å². The van der Waals surface area contributed by atoms with Crippen LogP contribution in [0.5, 0.6) is 0 Å². The van der Waals surface area contributed by atoms with E-state index in [1.54, 1.807) is 12.1 Å². The maximum atomic E-state index is 9.37. The first kappa shape index (κ1) is 29.5. The molecule has 3 aromatic heterocycles. The summed E-state index contributed by atoms with van der Waals surface area (Å²) in [5.74, 6) is 1.69. The molecule has 0 N–H and O–H groups in total. The van der Waals surface area contributed by atoms with Crippen molar-refractivity contribution in [3.8, 4) is 57.0 Å². The predicted molar refractivity (Wildman–Crippen MR) is 208 cm³/mol. The topological polar surface area (TPSA) is 80.5 Å². The van der Waals surface area contributed by atoms with Gasteiger partial charge < -0.3 is 8.98 Å². The summed E-state index contributed by atoms with van der Waals surface area (Å²) in [6, 6.07) is 57.6. The summed E-state index contributed by atoms with van der Waals surface area (Å²) in [6.45, 7) is 0.